The first-order valence-electron chi connectivity index (χ1n) is 14.4. The average molecular weight is 592 g/mol. The van der Waals surface area contributed by atoms with E-state index >= 15 is 0 Å². The molecule has 2 fully saturated rings. The molecule has 2 aliphatic rings. The third-order valence-corrected chi connectivity index (χ3v) is 8.84. The van der Waals surface area contributed by atoms with Gasteiger partial charge >= 0.3 is 6.09 Å². The monoisotopic (exact) mass is 591 g/mol. The number of rotatable bonds is 9. The molecule has 0 aromatic heterocycles. The molecule has 3 rings (SSSR count). The van der Waals surface area contributed by atoms with Crippen LogP contribution in [0.25, 0.3) is 0 Å². The molecule has 1 aromatic carbocycles. The van der Waals surface area contributed by atoms with Gasteiger partial charge in [-0.25, -0.2) is 9.80 Å². The molecular weight excluding hydrogens is 546 g/mol. The number of ether oxygens (including phenoxy) is 1. The Morgan fingerprint density at radius 1 is 1.20 bits per heavy atom. The molecule has 1 aliphatic heterocycles. The van der Waals surface area contributed by atoms with Gasteiger partial charge in [-0.15, -0.1) is 0 Å². The van der Waals surface area contributed by atoms with Crippen LogP contribution in [-0.2, 0) is 24.7 Å². The van der Waals surface area contributed by atoms with E-state index in [1.165, 1.54) is 0 Å². The van der Waals surface area contributed by atoms with E-state index in [1.54, 1.807) is 37.9 Å². The van der Waals surface area contributed by atoms with Crippen LogP contribution in [0.15, 0.2) is 24.3 Å². The fraction of sp³-hybridized carbons (Fsp3) is 0.677. The molecule has 41 heavy (non-hydrogen) atoms. The summed E-state index contributed by atoms with van der Waals surface area (Å²) in [6, 6.07) is 6.46. The molecule has 2 N–H and O–H groups in total. The highest BCUT2D eigenvalue weighted by Gasteiger charge is 2.52. The van der Waals surface area contributed by atoms with E-state index in [2.05, 4.69) is 5.32 Å². The smallest absolute Gasteiger partial charge is 0.408 e. The largest absolute Gasteiger partial charge is 0.444 e. The van der Waals surface area contributed by atoms with Gasteiger partial charge < -0.3 is 24.7 Å². The number of hydrogen-bond acceptors (Lipinski definition) is 7. The second kappa shape index (κ2) is 12.4. The van der Waals surface area contributed by atoms with E-state index in [-0.39, 0.29) is 24.7 Å². The van der Waals surface area contributed by atoms with E-state index in [0.29, 0.717) is 37.4 Å². The second-order valence-corrected chi connectivity index (χ2v) is 14.1. The number of halogens is 1. The molecular formula is C31H46ClN3O6. The van der Waals surface area contributed by atoms with Crippen LogP contribution in [-0.4, -0.2) is 70.0 Å². The van der Waals surface area contributed by atoms with E-state index in [1.807, 2.05) is 44.8 Å². The summed E-state index contributed by atoms with van der Waals surface area (Å²) >= 11 is 6.09. The maximum absolute atomic E-state index is 14.3. The lowest BCUT2D eigenvalue weighted by Gasteiger charge is -2.54. The number of alkyl carbamates (subject to hydrolysis) is 1. The van der Waals surface area contributed by atoms with E-state index in [0.717, 1.165) is 18.1 Å². The number of aldehydes is 2. The minimum Gasteiger partial charge on any atom is -0.444 e. The fourth-order valence-corrected chi connectivity index (χ4v) is 6.39. The summed E-state index contributed by atoms with van der Waals surface area (Å²) in [5, 5.41) is 18.8. The lowest BCUT2D eigenvalue weighted by atomic mass is 9.67. The van der Waals surface area contributed by atoms with Crippen LogP contribution in [0, 0.1) is 17.3 Å². The Labute approximate surface area is 248 Å². The standard InChI is InChI=1S/C31H46ClN3O6/c1-21(2)25(19-37)35(34-16-14-31(40,29(6,7)20-34)23-8-10-24(32)11-9-23)26(38)22-12-13-30(18-22,15-17-36)33-27(39)41-28(3,4)5/h8-11,17,19,21-22,25,40H,12-16,18,20H2,1-7H3,(H,33,39)/t22-,25+,30?,31+/m1/s1. The molecule has 4 atom stereocenters. The Kier molecular flexibility index (Phi) is 9.98. The number of aliphatic hydroxyl groups is 1. The van der Waals surface area contributed by atoms with Gasteiger partial charge in [-0.05, 0) is 70.1 Å². The molecule has 9 nitrogen and oxygen atoms in total. The maximum atomic E-state index is 14.3. The van der Waals surface area contributed by atoms with E-state index in [4.69, 9.17) is 16.3 Å². The van der Waals surface area contributed by atoms with Crippen molar-refractivity contribution in [3.63, 3.8) is 0 Å². The molecule has 0 spiro atoms. The first kappa shape index (κ1) is 33.0. The van der Waals surface area contributed by atoms with E-state index in [9.17, 15) is 24.3 Å². The highest BCUT2D eigenvalue weighted by molar-refractivity contribution is 6.30. The highest BCUT2D eigenvalue weighted by atomic mass is 35.5. The quantitative estimate of drug-likeness (QED) is 0.393. The van der Waals surface area contributed by atoms with Crippen LogP contribution in [0.1, 0.15) is 86.1 Å². The first-order valence-corrected chi connectivity index (χ1v) is 14.8. The minimum atomic E-state index is -1.17. The minimum absolute atomic E-state index is 0.0577. The maximum Gasteiger partial charge on any atom is 0.408 e. The van der Waals surface area contributed by atoms with Gasteiger partial charge in [-0.1, -0.05) is 51.4 Å². The summed E-state index contributed by atoms with van der Waals surface area (Å²) in [6.07, 6.45) is 2.49. The topological polar surface area (TPSA) is 116 Å². The number of amides is 2. The normalized spacial score (nSPS) is 27.2. The zero-order chi connectivity index (χ0) is 30.8. The van der Waals surface area contributed by atoms with Crippen LogP contribution in [0.4, 0.5) is 4.79 Å². The number of hydrogen-bond donors (Lipinski definition) is 2. The van der Waals surface area contributed by atoms with Crippen LogP contribution in [0.5, 0.6) is 0 Å². The highest BCUT2D eigenvalue weighted by Crippen LogP contribution is 2.47. The summed E-state index contributed by atoms with van der Waals surface area (Å²) in [7, 11) is 0. The Morgan fingerprint density at radius 2 is 1.83 bits per heavy atom. The molecule has 1 aliphatic carbocycles. The average Bonchev–Trinajstić information content (AvgIpc) is 3.26. The zero-order valence-corrected chi connectivity index (χ0v) is 26.2. The van der Waals surface area contributed by atoms with Crippen LogP contribution >= 0.6 is 11.6 Å². The molecule has 2 amide bonds. The SMILES string of the molecule is CC(C)[C@H](C=O)N(C(=O)[C@@H]1CCC(CC=O)(NC(=O)OC(C)(C)C)C1)N1CC[C@](O)(c2ccc(Cl)cc2)C(C)(C)C1. The Balaban J connectivity index is 1.88. The summed E-state index contributed by atoms with van der Waals surface area (Å²) in [5.74, 6) is -0.883. The summed E-state index contributed by atoms with van der Waals surface area (Å²) in [6.45, 7) is 13.7. The van der Waals surface area contributed by atoms with Crippen molar-refractivity contribution in [3.8, 4) is 0 Å². The predicted molar refractivity (Wildman–Crippen MR) is 157 cm³/mol. The van der Waals surface area contributed by atoms with Crippen molar-refractivity contribution in [2.24, 2.45) is 17.3 Å². The number of nitrogens with zero attached hydrogens (tertiary/aromatic N) is 2. The summed E-state index contributed by atoms with van der Waals surface area (Å²) in [5.41, 5.74) is -2.71. The van der Waals surface area contributed by atoms with Crippen LogP contribution < -0.4 is 5.32 Å². The Morgan fingerprint density at radius 3 is 2.34 bits per heavy atom. The van der Waals surface area contributed by atoms with Gasteiger partial charge in [0.05, 0.1) is 11.1 Å². The summed E-state index contributed by atoms with van der Waals surface area (Å²) in [4.78, 5) is 50.9. The van der Waals surface area contributed by atoms with Crippen molar-refractivity contribution in [2.75, 3.05) is 13.1 Å². The third kappa shape index (κ3) is 7.30. The Bertz CT molecular complexity index is 1120. The number of piperidine rings is 1. The fourth-order valence-electron chi connectivity index (χ4n) is 6.27. The molecule has 1 saturated heterocycles. The first-order chi connectivity index (χ1) is 19.0. The third-order valence-electron chi connectivity index (χ3n) is 8.58. The number of nitrogens with one attached hydrogen (secondary N) is 1. The van der Waals surface area contributed by atoms with Gasteiger partial charge in [0.2, 0.25) is 5.91 Å². The van der Waals surface area contributed by atoms with Crippen molar-refractivity contribution < 1.29 is 29.0 Å². The molecule has 0 bridgehead atoms. The van der Waals surface area contributed by atoms with Gasteiger partial charge in [0, 0.05) is 35.9 Å². The molecule has 1 saturated carbocycles. The van der Waals surface area contributed by atoms with Crippen molar-refractivity contribution >= 4 is 36.2 Å². The lowest BCUT2D eigenvalue weighted by Crippen LogP contribution is -2.64. The summed E-state index contributed by atoms with van der Waals surface area (Å²) < 4.78 is 5.43. The van der Waals surface area contributed by atoms with Crippen molar-refractivity contribution in [1.82, 2.24) is 15.3 Å². The zero-order valence-electron chi connectivity index (χ0n) is 25.4. The van der Waals surface area contributed by atoms with Crippen molar-refractivity contribution in [1.29, 1.82) is 0 Å². The number of carbonyl (C=O) groups is 4. The molecule has 228 valence electrons. The number of benzene rings is 1. The Hall–Kier alpha value is -2.49. The van der Waals surface area contributed by atoms with E-state index < -0.39 is 40.2 Å². The molecule has 1 aromatic rings. The van der Waals surface area contributed by atoms with Crippen LogP contribution in [0.2, 0.25) is 5.02 Å². The van der Waals surface area contributed by atoms with Crippen LogP contribution in [0.3, 0.4) is 0 Å². The molecule has 10 heteroatoms. The van der Waals surface area contributed by atoms with Gasteiger partial charge in [-0.2, -0.15) is 0 Å². The number of carbonyl (C=O) groups excluding carboxylic acids is 4. The van der Waals surface area contributed by atoms with Crippen molar-refractivity contribution in [2.45, 2.75) is 103 Å². The molecule has 0 radical (unpaired) electrons. The van der Waals surface area contributed by atoms with Crippen molar-refractivity contribution in [3.05, 3.63) is 34.9 Å². The molecule has 1 unspecified atom stereocenters. The van der Waals surface area contributed by atoms with Gasteiger partial charge in [-0.3, -0.25) is 9.80 Å². The number of hydrazine groups is 1. The lowest BCUT2D eigenvalue weighted by molar-refractivity contribution is -0.198. The van der Waals surface area contributed by atoms with Gasteiger partial charge in [0.1, 0.15) is 24.2 Å². The van der Waals surface area contributed by atoms with Gasteiger partial charge in [0.25, 0.3) is 0 Å². The second-order valence-electron chi connectivity index (χ2n) is 13.7. The predicted octanol–water partition coefficient (Wildman–Crippen LogP) is 4.88. The van der Waals surface area contributed by atoms with Gasteiger partial charge in [0.15, 0.2) is 0 Å². The molecule has 1 heterocycles.